The van der Waals surface area contributed by atoms with Crippen molar-refractivity contribution in [3.8, 4) is 0 Å². The predicted octanol–water partition coefficient (Wildman–Crippen LogP) is 1.41. The molecule has 0 radical (unpaired) electrons. The zero-order valence-corrected chi connectivity index (χ0v) is 11.5. The molecule has 0 aliphatic carbocycles. The Hall–Kier alpha value is -1.39. The normalized spacial score (nSPS) is 20.2. The molecule has 1 heterocycles. The molecule has 0 saturated carbocycles. The summed E-state index contributed by atoms with van der Waals surface area (Å²) in [5, 5.41) is 3.46. The van der Waals surface area contributed by atoms with Crippen LogP contribution in [0.3, 0.4) is 0 Å². The van der Waals surface area contributed by atoms with Crippen molar-refractivity contribution in [2.24, 2.45) is 0 Å². The number of esters is 1. The number of nitrogens with one attached hydrogen (secondary N) is 1. The van der Waals surface area contributed by atoms with Crippen LogP contribution in [0.4, 0.5) is 0 Å². The van der Waals surface area contributed by atoms with Gasteiger partial charge in [0.1, 0.15) is 0 Å². The third-order valence-corrected chi connectivity index (χ3v) is 3.51. The first-order chi connectivity index (χ1) is 9.28. The second kappa shape index (κ2) is 7.26. The Morgan fingerprint density at radius 2 is 2.21 bits per heavy atom. The summed E-state index contributed by atoms with van der Waals surface area (Å²) in [6.07, 6.45) is 1.34. The highest BCUT2D eigenvalue weighted by Gasteiger charge is 2.20. The summed E-state index contributed by atoms with van der Waals surface area (Å²) < 4.78 is 4.68. The van der Waals surface area contributed by atoms with Gasteiger partial charge in [-0.2, -0.15) is 0 Å². The molecule has 19 heavy (non-hydrogen) atoms. The van der Waals surface area contributed by atoms with Crippen molar-refractivity contribution in [2.45, 2.75) is 25.4 Å². The van der Waals surface area contributed by atoms with Crippen LogP contribution < -0.4 is 5.32 Å². The first-order valence-electron chi connectivity index (χ1n) is 6.84. The molecule has 2 rings (SSSR count). The number of hydrogen-bond donors (Lipinski definition) is 1. The van der Waals surface area contributed by atoms with Gasteiger partial charge >= 0.3 is 5.97 Å². The lowest BCUT2D eigenvalue weighted by Crippen LogP contribution is -2.50. The van der Waals surface area contributed by atoms with Crippen LogP contribution in [0.1, 0.15) is 18.4 Å². The highest BCUT2D eigenvalue weighted by Crippen LogP contribution is 2.10. The lowest BCUT2D eigenvalue weighted by Gasteiger charge is -2.33. The van der Waals surface area contributed by atoms with Crippen molar-refractivity contribution in [2.75, 3.05) is 26.7 Å². The van der Waals surface area contributed by atoms with Gasteiger partial charge in [0.05, 0.1) is 7.11 Å². The van der Waals surface area contributed by atoms with Crippen molar-refractivity contribution in [3.63, 3.8) is 0 Å². The summed E-state index contributed by atoms with van der Waals surface area (Å²) in [5.74, 6) is -0.123. The molecule has 1 fully saturated rings. The second-order valence-corrected chi connectivity index (χ2v) is 4.99. The predicted molar refractivity (Wildman–Crippen MR) is 74.8 cm³/mol. The second-order valence-electron chi connectivity index (χ2n) is 4.99. The summed E-state index contributed by atoms with van der Waals surface area (Å²) >= 11 is 0. The number of carbonyl (C=O) groups excluding carboxylic acids is 1. The van der Waals surface area contributed by atoms with Crippen LogP contribution in [0.15, 0.2) is 30.3 Å². The SMILES string of the molecule is COC(=O)CCC1CN(Cc2ccccc2)CCN1. The minimum Gasteiger partial charge on any atom is -0.469 e. The van der Waals surface area contributed by atoms with Crippen LogP contribution in [0, 0.1) is 0 Å². The number of piperazine rings is 1. The molecule has 1 unspecified atom stereocenters. The van der Waals surface area contributed by atoms with Crippen molar-refractivity contribution < 1.29 is 9.53 Å². The van der Waals surface area contributed by atoms with E-state index in [0.29, 0.717) is 12.5 Å². The maximum absolute atomic E-state index is 11.2. The highest BCUT2D eigenvalue weighted by molar-refractivity contribution is 5.69. The minimum atomic E-state index is -0.123. The van der Waals surface area contributed by atoms with Gasteiger partial charge in [0.25, 0.3) is 0 Å². The van der Waals surface area contributed by atoms with Crippen molar-refractivity contribution in [1.29, 1.82) is 0 Å². The highest BCUT2D eigenvalue weighted by atomic mass is 16.5. The maximum atomic E-state index is 11.2. The van der Waals surface area contributed by atoms with Gasteiger partial charge in [0, 0.05) is 38.6 Å². The van der Waals surface area contributed by atoms with Gasteiger partial charge in [-0.1, -0.05) is 30.3 Å². The monoisotopic (exact) mass is 262 g/mol. The average molecular weight is 262 g/mol. The first-order valence-corrected chi connectivity index (χ1v) is 6.84. The molecule has 104 valence electrons. The summed E-state index contributed by atoms with van der Waals surface area (Å²) in [6, 6.07) is 10.9. The van der Waals surface area contributed by atoms with Crippen LogP contribution in [0.25, 0.3) is 0 Å². The molecule has 0 amide bonds. The fraction of sp³-hybridized carbons (Fsp3) is 0.533. The van der Waals surface area contributed by atoms with E-state index in [0.717, 1.165) is 32.6 Å². The van der Waals surface area contributed by atoms with Gasteiger partial charge in [0.15, 0.2) is 0 Å². The number of methoxy groups -OCH3 is 1. The molecule has 0 aromatic heterocycles. The molecular formula is C15H22N2O2. The standard InChI is InChI=1S/C15H22N2O2/c1-19-15(18)8-7-14-12-17(10-9-16-14)11-13-5-3-2-4-6-13/h2-6,14,16H,7-12H2,1H3. The topological polar surface area (TPSA) is 41.6 Å². The molecule has 4 nitrogen and oxygen atoms in total. The zero-order valence-electron chi connectivity index (χ0n) is 11.5. The molecule has 0 bridgehead atoms. The van der Waals surface area contributed by atoms with Crippen molar-refractivity contribution in [3.05, 3.63) is 35.9 Å². The molecule has 0 spiro atoms. The van der Waals surface area contributed by atoms with E-state index < -0.39 is 0 Å². The minimum absolute atomic E-state index is 0.123. The van der Waals surface area contributed by atoms with Gasteiger partial charge < -0.3 is 10.1 Å². The van der Waals surface area contributed by atoms with E-state index in [1.807, 2.05) is 6.07 Å². The van der Waals surface area contributed by atoms with E-state index in [9.17, 15) is 4.79 Å². The Bertz CT molecular complexity index is 394. The van der Waals surface area contributed by atoms with Crippen LogP contribution in [0.2, 0.25) is 0 Å². The Labute approximate surface area is 114 Å². The molecule has 1 aromatic rings. The zero-order chi connectivity index (χ0) is 13.5. The Balaban J connectivity index is 1.79. The van der Waals surface area contributed by atoms with Crippen LogP contribution in [-0.4, -0.2) is 43.7 Å². The van der Waals surface area contributed by atoms with Gasteiger partial charge in [-0.25, -0.2) is 0 Å². The molecule has 1 aliphatic heterocycles. The fourth-order valence-electron chi connectivity index (χ4n) is 2.47. The van der Waals surface area contributed by atoms with E-state index in [1.165, 1.54) is 12.7 Å². The van der Waals surface area contributed by atoms with E-state index in [2.05, 4.69) is 39.2 Å². The summed E-state index contributed by atoms with van der Waals surface area (Å²) in [4.78, 5) is 13.6. The smallest absolute Gasteiger partial charge is 0.305 e. The Morgan fingerprint density at radius 1 is 1.42 bits per heavy atom. The van der Waals surface area contributed by atoms with Crippen molar-refractivity contribution in [1.82, 2.24) is 10.2 Å². The number of carbonyl (C=O) groups is 1. The molecule has 4 heteroatoms. The quantitative estimate of drug-likeness (QED) is 0.815. The summed E-state index contributed by atoms with van der Waals surface area (Å²) in [5.41, 5.74) is 1.34. The van der Waals surface area contributed by atoms with E-state index in [-0.39, 0.29) is 5.97 Å². The third-order valence-electron chi connectivity index (χ3n) is 3.51. The van der Waals surface area contributed by atoms with Gasteiger partial charge in [-0.15, -0.1) is 0 Å². The number of hydrogen-bond acceptors (Lipinski definition) is 4. The van der Waals surface area contributed by atoms with Crippen LogP contribution in [-0.2, 0) is 16.1 Å². The van der Waals surface area contributed by atoms with Crippen LogP contribution in [0.5, 0.6) is 0 Å². The molecule has 1 aromatic carbocycles. The molecule has 1 N–H and O–H groups in total. The fourth-order valence-corrected chi connectivity index (χ4v) is 2.47. The first kappa shape index (κ1) is 14.0. The number of nitrogens with zero attached hydrogens (tertiary/aromatic N) is 1. The van der Waals surface area contributed by atoms with E-state index >= 15 is 0 Å². The van der Waals surface area contributed by atoms with Crippen molar-refractivity contribution >= 4 is 5.97 Å². The Kier molecular flexibility index (Phi) is 5.36. The summed E-state index contributed by atoms with van der Waals surface area (Å²) in [7, 11) is 1.44. The Morgan fingerprint density at radius 3 is 2.95 bits per heavy atom. The molecule has 1 saturated heterocycles. The molecule has 1 atom stereocenters. The number of ether oxygens (including phenoxy) is 1. The van der Waals surface area contributed by atoms with Gasteiger partial charge in [-0.05, 0) is 12.0 Å². The largest absolute Gasteiger partial charge is 0.469 e. The summed E-state index contributed by atoms with van der Waals surface area (Å²) in [6.45, 7) is 4.02. The van der Waals surface area contributed by atoms with Gasteiger partial charge in [-0.3, -0.25) is 9.69 Å². The van der Waals surface area contributed by atoms with E-state index in [1.54, 1.807) is 0 Å². The van der Waals surface area contributed by atoms with Crippen LogP contribution >= 0.6 is 0 Å². The number of rotatable bonds is 5. The number of benzene rings is 1. The van der Waals surface area contributed by atoms with E-state index in [4.69, 9.17) is 0 Å². The molecule has 1 aliphatic rings. The lowest BCUT2D eigenvalue weighted by molar-refractivity contribution is -0.140. The average Bonchev–Trinajstić information content (AvgIpc) is 2.46. The third kappa shape index (κ3) is 4.65. The maximum Gasteiger partial charge on any atom is 0.305 e. The molecular weight excluding hydrogens is 240 g/mol. The lowest BCUT2D eigenvalue weighted by atomic mass is 10.1. The van der Waals surface area contributed by atoms with Gasteiger partial charge in [0.2, 0.25) is 0 Å².